The molecule has 0 bridgehead atoms. The van der Waals surface area contributed by atoms with Crippen molar-refractivity contribution in [3.8, 4) is 11.3 Å². The van der Waals surface area contributed by atoms with E-state index in [4.69, 9.17) is 14.3 Å². The molecule has 0 fully saturated rings. The molecule has 21 heavy (non-hydrogen) atoms. The van der Waals surface area contributed by atoms with Gasteiger partial charge in [0.05, 0.1) is 25.9 Å². The summed E-state index contributed by atoms with van der Waals surface area (Å²) in [5.41, 5.74) is 0.943. The number of aliphatic carboxylic acids is 1. The van der Waals surface area contributed by atoms with Crippen LogP contribution in [0.15, 0.2) is 40.9 Å². The first kappa shape index (κ1) is 15.2. The zero-order valence-electron chi connectivity index (χ0n) is 11.9. The lowest BCUT2D eigenvalue weighted by atomic mass is 10.2. The summed E-state index contributed by atoms with van der Waals surface area (Å²) in [6, 6.07) is 9.65. The molecule has 0 radical (unpaired) electrons. The average Bonchev–Trinajstić information content (AvgIpc) is 2.93. The predicted molar refractivity (Wildman–Crippen MR) is 76.7 cm³/mol. The number of hydrogen-bond donors (Lipinski definition) is 1. The van der Waals surface area contributed by atoms with Crippen molar-refractivity contribution in [1.82, 2.24) is 9.88 Å². The maximum atomic E-state index is 10.9. The van der Waals surface area contributed by atoms with Crippen molar-refractivity contribution in [3.05, 3.63) is 42.4 Å². The first-order valence-corrected chi connectivity index (χ1v) is 6.62. The van der Waals surface area contributed by atoms with Gasteiger partial charge in [0.1, 0.15) is 0 Å². The van der Waals surface area contributed by atoms with E-state index in [1.54, 1.807) is 18.2 Å². The van der Waals surface area contributed by atoms with Crippen molar-refractivity contribution >= 4 is 5.97 Å². The van der Waals surface area contributed by atoms with E-state index in [0.29, 0.717) is 31.3 Å². The molecule has 0 unspecified atom stereocenters. The van der Waals surface area contributed by atoms with Crippen molar-refractivity contribution in [2.75, 3.05) is 26.8 Å². The van der Waals surface area contributed by atoms with Crippen molar-refractivity contribution in [1.29, 1.82) is 0 Å². The fourth-order valence-corrected chi connectivity index (χ4v) is 1.94. The van der Waals surface area contributed by atoms with E-state index in [1.807, 2.05) is 30.3 Å². The number of methoxy groups -OCH3 is 1. The minimum absolute atomic E-state index is 0.0770. The third-order valence-corrected chi connectivity index (χ3v) is 2.94. The van der Waals surface area contributed by atoms with E-state index in [0.717, 1.165) is 5.56 Å². The normalized spacial score (nSPS) is 11.0. The van der Waals surface area contributed by atoms with Crippen LogP contribution in [0.4, 0.5) is 0 Å². The lowest BCUT2D eigenvalue weighted by Gasteiger charge is -2.17. The van der Waals surface area contributed by atoms with Gasteiger partial charge < -0.3 is 14.3 Å². The van der Waals surface area contributed by atoms with Gasteiger partial charge >= 0.3 is 5.97 Å². The Kier molecular flexibility index (Phi) is 5.48. The number of carbonyl (C=O) groups is 1. The molecule has 0 aliphatic heterocycles. The first-order valence-electron chi connectivity index (χ1n) is 6.62. The molecule has 1 aromatic carbocycles. The summed E-state index contributed by atoms with van der Waals surface area (Å²) < 4.78 is 10.7. The molecule has 1 N–H and O–H groups in total. The van der Waals surface area contributed by atoms with Crippen LogP contribution in [0.5, 0.6) is 0 Å². The predicted octanol–water partition coefficient (Wildman–Crippen LogP) is 1.87. The molecule has 6 nitrogen and oxygen atoms in total. The molecule has 0 spiro atoms. The highest BCUT2D eigenvalue weighted by Crippen LogP contribution is 2.20. The van der Waals surface area contributed by atoms with Crippen LogP contribution in [0.2, 0.25) is 0 Å². The summed E-state index contributed by atoms with van der Waals surface area (Å²) in [6.45, 7) is 1.22. The van der Waals surface area contributed by atoms with Crippen molar-refractivity contribution < 1.29 is 19.1 Å². The smallest absolute Gasteiger partial charge is 0.317 e. The molecule has 1 heterocycles. The lowest BCUT2D eigenvalue weighted by molar-refractivity contribution is -0.138. The van der Waals surface area contributed by atoms with Gasteiger partial charge in [0.25, 0.3) is 0 Å². The Morgan fingerprint density at radius 3 is 2.81 bits per heavy atom. The maximum absolute atomic E-state index is 10.9. The lowest BCUT2D eigenvalue weighted by Crippen LogP contribution is -2.32. The minimum atomic E-state index is -0.888. The van der Waals surface area contributed by atoms with Crippen molar-refractivity contribution in [2.24, 2.45) is 0 Å². The number of carboxylic acids is 1. The van der Waals surface area contributed by atoms with Crippen LogP contribution in [0.3, 0.4) is 0 Å². The molecule has 0 atom stereocenters. The maximum Gasteiger partial charge on any atom is 0.317 e. The van der Waals surface area contributed by atoms with Gasteiger partial charge in [0.2, 0.25) is 5.89 Å². The molecule has 0 aliphatic carbocycles. The molecular weight excluding hydrogens is 272 g/mol. The summed E-state index contributed by atoms with van der Waals surface area (Å²) in [5, 5.41) is 8.91. The Morgan fingerprint density at radius 1 is 1.38 bits per heavy atom. The van der Waals surface area contributed by atoms with Gasteiger partial charge in [-0.15, -0.1) is 0 Å². The molecule has 0 aliphatic rings. The number of ether oxygens (including phenoxy) is 1. The number of hydrogen-bond acceptors (Lipinski definition) is 5. The summed E-state index contributed by atoms with van der Waals surface area (Å²) in [6.07, 6.45) is 1.65. The van der Waals surface area contributed by atoms with Gasteiger partial charge in [-0.2, -0.15) is 0 Å². The molecule has 2 rings (SSSR count). The molecular formula is C15H18N2O4. The van der Waals surface area contributed by atoms with Crippen LogP contribution in [0, 0.1) is 0 Å². The Morgan fingerprint density at radius 2 is 2.14 bits per heavy atom. The van der Waals surface area contributed by atoms with Crippen LogP contribution >= 0.6 is 0 Å². The van der Waals surface area contributed by atoms with Gasteiger partial charge in [-0.3, -0.25) is 9.69 Å². The van der Waals surface area contributed by atoms with Gasteiger partial charge in [-0.05, 0) is 0 Å². The standard InChI is InChI=1S/C15H18N2O4/c1-20-8-7-17(11-15(18)19)10-14-16-9-13(21-14)12-5-3-2-4-6-12/h2-6,9H,7-8,10-11H2,1H3,(H,18,19). The van der Waals surface area contributed by atoms with Crippen molar-refractivity contribution in [3.63, 3.8) is 0 Å². The highest BCUT2D eigenvalue weighted by atomic mass is 16.5. The van der Waals surface area contributed by atoms with E-state index in [2.05, 4.69) is 4.98 Å². The topological polar surface area (TPSA) is 75.8 Å². The second kappa shape index (κ2) is 7.56. The zero-order chi connectivity index (χ0) is 15.1. The third-order valence-electron chi connectivity index (χ3n) is 2.94. The number of benzene rings is 1. The van der Waals surface area contributed by atoms with Crippen LogP contribution in [-0.4, -0.2) is 47.8 Å². The second-order valence-electron chi connectivity index (χ2n) is 4.58. The largest absolute Gasteiger partial charge is 0.480 e. The van der Waals surface area contributed by atoms with Gasteiger partial charge in [0.15, 0.2) is 5.76 Å². The summed E-state index contributed by atoms with van der Waals surface area (Å²) in [4.78, 5) is 16.8. The molecule has 0 saturated carbocycles. The zero-order valence-corrected chi connectivity index (χ0v) is 11.9. The fraction of sp³-hybridized carbons (Fsp3) is 0.333. The second-order valence-corrected chi connectivity index (χ2v) is 4.58. The third kappa shape index (κ3) is 4.70. The quantitative estimate of drug-likeness (QED) is 0.800. The Hall–Kier alpha value is -2.18. The van der Waals surface area contributed by atoms with E-state index < -0.39 is 5.97 Å². The van der Waals surface area contributed by atoms with Gasteiger partial charge in [-0.25, -0.2) is 4.98 Å². The molecule has 2 aromatic rings. The van der Waals surface area contributed by atoms with E-state index >= 15 is 0 Å². The number of aromatic nitrogens is 1. The SMILES string of the molecule is COCCN(CC(=O)O)Cc1ncc(-c2ccccc2)o1. The monoisotopic (exact) mass is 290 g/mol. The number of carboxylic acid groups (broad SMARTS) is 1. The summed E-state index contributed by atoms with van der Waals surface area (Å²) in [5.74, 6) is 0.278. The number of oxazole rings is 1. The Balaban J connectivity index is 2.03. The van der Waals surface area contributed by atoms with Gasteiger partial charge in [0, 0.05) is 19.2 Å². The van der Waals surface area contributed by atoms with Crippen LogP contribution in [-0.2, 0) is 16.1 Å². The van der Waals surface area contributed by atoms with E-state index in [9.17, 15) is 4.79 Å². The molecule has 0 amide bonds. The van der Waals surface area contributed by atoms with Crippen LogP contribution < -0.4 is 0 Å². The molecule has 1 aromatic heterocycles. The van der Waals surface area contributed by atoms with E-state index in [1.165, 1.54) is 0 Å². The van der Waals surface area contributed by atoms with E-state index in [-0.39, 0.29) is 6.54 Å². The molecule has 6 heteroatoms. The van der Waals surface area contributed by atoms with Crippen molar-refractivity contribution in [2.45, 2.75) is 6.54 Å². The highest BCUT2D eigenvalue weighted by Gasteiger charge is 2.14. The van der Waals surface area contributed by atoms with Crippen LogP contribution in [0.1, 0.15) is 5.89 Å². The Bertz CT molecular complexity index is 568. The average molecular weight is 290 g/mol. The summed E-state index contributed by atoms with van der Waals surface area (Å²) in [7, 11) is 1.58. The fourth-order valence-electron chi connectivity index (χ4n) is 1.94. The highest BCUT2D eigenvalue weighted by molar-refractivity contribution is 5.69. The Labute approximate surface area is 123 Å². The van der Waals surface area contributed by atoms with Gasteiger partial charge in [-0.1, -0.05) is 30.3 Å². The molecule has 0 saturated heterocycles. The number of nitrogens with zero attached hydrogens (tertiary/aromatic N) is 2. The first-order chi connectivity index (χ1) is 10.2. The minimum Gasteiger partial charge on any atom is -0.480 e. The molecule has 112 valence electrons. The van der Waals surface area contributed by atoms with Crippen LogP contribution in [0.25, 0.3) is 11.3 Å². The number of rotatable bonds is 8. The summed E-state index contributed by atoms with van der Waals surface area (Å²) >= 11 is 0.